The van der Waals surface area contributed by atoms with Crippen molar-refractivity contribution in [2.75, 3.05) is 0 Å². The van der Waals surface area contributed by atoms with E-state index in [-0.39, 0.29) is 5.56 Å². The molecule has 0 saturated heterocycles. The summed E-state index contributed by atoms with van der Waals surface area (Å²) in [6, 6.07) is 9.77. The first-order valence-corrected chi connectivity index (χ1v) is 7.09. The molecule has 0 fully saturated rings. The molecule has 1 N–H and O–H groups in total. The Hall–Kier alpha value is -1.04. The minimum Gasteiger partial charge on any atom is -0.478 e. The van der Waals surface area contributed by atoms with E-state index < -0.39 is 5.97 Å². The summed E-state index contributed by atoms with van der Waals surface area (Å²) in [5.41, 5.74) is 0.182. The van der Waals surface area contributed by atoms with Crippen LogP contribution < -0.4 is 4.74 Å². The van der Waals surface area contributed by atoms with Crippen molar-refractivity contribution in [3.05, 3.63) is 55.9 Å². The maximum absolute atomic E-state index is 10.8. The third-order valence-corrected chi connectivity index (χ3v) is 3.70. The maximum Gasteiger partial charge on any atom is 0.335 e. The number of benzene rings is 2. The van der Waals surface area contributed by atoms with Crippen LogP contribution in [0.5, 0.6) is 11.5 Å². The fourth-order valence-corrected chi connectivity index (χ4v) is 2.56. The number of ether oxygens (including phenoxy) is 1. The normalized spacial score (nSPS) is 10.3. The lowest BCUT2D eigenvalue weighted by Crippen LogP contribution is -1.96. The van der Waals surface area contributed by atoms with Gasteiger partial charge in [-0.2, -0.15) is 0 Å². The number of rotatable bonds is 3. The van der Waals surface area contributed by atoms with Gasteiger partial charge in [0.1, 0.15) is 11.5 Å². The van der Waals surface area contributed by atoms with Gasteiger partial charge in [0.15, 0.2) is 0 Å². The Kier molecular flexibility index (Phi) is 4.50. The third kappa shape index (κ3) is 3.49. The lowest BCUT2D eigenvalue weighted by Gasteiger charge is -2.10. The van der Waals surface area contributed by atoms with Gasteiger partial charge >= 0.3 is 5.97 Å². The zero-order valence-corrected chi connectivity index (χ0v) is 13.3. The highest BCUT2D eigenvalue weighted by atomic mass is 79.9. The van der Waals surface area contributed by atoms with Crippen LogP contribution in [0.1, 0.15) is 10.4 Å². The van der Waals surface area contributed by atoms with Crippen molar-refractivity contribution in [3.8, 4) is 11.5 Å². The second-order valence-electron chi connectivity index (χ2n) is 3.63. The van der Waals surface area contributed by atoms with Crippen molar-refractivity contribution in [3.63, 3.8) is 0 Å². The van der Waals surface area contributed by atoms with Gasteiger partial charge in [-0.05, 0) is 52.3 Å². The largest absolute Gasteiger partial charge is 0.478 e. The summed E-state index contributed by atoms with van der Waals surface area (Å²) >= 11 is 12.6. The van der Waals surface area contributed by atoms with Crippen molar-refractivity contribution in [1.82, 2.24) is 0 Å². The molecule has 0 aromatic heterocycles. The molecule has 2 rings (SSSR count). The van der Waals surface area contributed by atoms with Gasteiger partial charge in [0.05, 0.1) is 15.1 Å². The van der Waals surface area contributed by atoms with Crippen molar-refractivity contribution < 1.29 is 14.6 Å². The Labute approximate surface area is 131 Å². The molecular weight excluding hydrogens is 399 g/mol. The Balaban J connectivity index is 2.31. The minimum atomic E-state index is -0.992. The van der Waals surface area contributed by atoms with Crippen molar-refractivity contribution in [1.29, 1.82) is 0 Å². The van der Waals surface area contributed by atoms with E-state index in [1.165, 1.54) is 12.1 Å². The Morgan fingerprint density at radius 3 is 2.37 bits per heavy atom. The van der Waals surface area contributed by atoms with Crippen LogP contribution in [0.3, 0.4) is 0 Å². The van der Waals surface area contributed by atoms with Gasteiger partial charge in [-0.15, -0.1) is 0 Å². The number of aromatic carboxylic acids is 1. The summed E-state index contributed by atoms with van der Waals surface area (Å²) in [6.45, 7) is 0. The highest BCUT2D eigenvalue weighted by Gasteiger charge is 2.10. The van der Waals surface area contributed by atoms with E-state index >= 15 is 0 Å². The molecule has 2 aromatic rings. The fraction of sp³-hybridized carbons (Fsp3) is 0. The number of carboxylic acids is 1. The van der Waals surface area contributed by atoms with Crippen molar-refractivity contribution >= 4 is 49.4 Å². The molecule has 0 bridgehead atoms. The van der Waals surface area contributed by atoms with E-state index in [1.54, 1.807) is 24.3 Å². The molecule has 0 amide bonds. The molecule has 19 heavy (non-hydrogen) atoms. The predicted octanol–water partition coefficient (Wildman–Crippen LogP) is 5.36. The molecule has 0 radical (unpaired) electrons. The van der Waals surface area contributed by atoms with E-state index in [4.69, 9.17) is 21.4 Å². The summed E-state index contributed by atoms with van der Waals surface area (Å²) in [5, 5.41) is 9.34. The summed E-state index contributed by atoms with van der Waals surface area (Å²) < 4.78 is 7.04. The SMILES string of the molecule is O=C(O)c1ccc(Oc2ccc(Br)cc2Cl)c(Br)c1. The maximum atomic E-state index is 10.8. The molecule has 0 spiro atoms. The van der Waals surface area contributed by atoms with Gasteiger partial charge in [-0.3, -0.25) is 0 Å². The molecule has 0 unspecified atom stereocenters. The molecule has 98 valence electrons. The first kappa shape index (κ1) is 14.4. The average molecular weight is 406 g/mol. The standard InChI is InChI=1S/C13H7Br2ClO3/c14-8-2-4-12(10(16)6-8)19-11-3-1-7(13(17)18)5-9(11)15/h1-6H,(H,17,18). The molecule has 0 aliphatic heterocycles. The van der Waals surface area contributed by atoms with E-state index in [9.17, 15) is 4.79 Å². The lowest BCUT2D eigenvalue weighted by atomic mass is 10.2. The monoisotopic (exact) mass is 404 g/mol. The third-order valence-electron chi connectivity index (χ3n) is 2.29. The zero-order chi connectivity index (χ0) is 14.0. The lowest BCUT2D eigenvalue weighted by molar-refractivity contribution is 0.0697. The molecule has 2 aromatic carbocycles. The van der Waals surface area contributed by atoms with Gasteiger partial charge in [0.25, 0.3) is 0 Å². The van der Waals surface area contributed by atoms with Crippen LogP contribution in [-0.2, 0) is 0 Å². The number of carbonyl (C=O) groups is 1. The van der Waals surface area contributed by atoms with E-state index in [2.05, 4.69) is 31.9 Å². The van der Waals surface area contributed by atoms with Crippen LogP contribution in [0.2, 0.25) is 5.02 Å². The second kappa shape index (κ2) is 5.94. The summed E-state index contributed by atoms with van der Waals surface area (Å²) in [7, 11) is 0. The Bertz CT molecular complexity index is 644. The van der Waals surface area contributed by atoms with Gasteiger partial charge < -0.3 is 9.84 Å². The molecule has 6 heteroatoms. The minimum absolute atomic E-state index is 0.182. The first-order valence-electron chi connectivity index (χ1n) is 5.13. The number of hydrogen-bond donors (Lipinski definition) is 1. The zero-order valence-electron chi connectivity index (χ0n) is 9.36. The highest BCUT2D eigenvalue weighted by Crippen LogP contribution is 2.35. The highest BCUT2D eigenvalue weighted by molar-refractivity contribution is 9.10. The quantitative estimate of drug-likeness (QED) is 0.747. The van der Waals surface area contributed by atoms with Gasteiger partial charge in [-0.25, -0.2) is 4.79 Å². The van der Waals surface area contributed by atoms with Crippen LogP contribution >= 0.6 is 43.5 Å². The topological polar surface area (TPSA) is 46.5 Å². The van der Waals surface area contributed by atoms with E-state index in [0.717, 1.165) is 4.47 Å². The van der Waals surface area contributed by atoms with Gasteiger partial charge in [0, 0.05) is 4.47 Å². The smallest absolute Gasteiger partial charge is 0.335 e. The van der Waals surface area contributed by atoms with Gasteiger partial charge in [-0.1, -0.05) is 27.5 Å². The van der Waals surface area contributed by atoms with E-state index in [1.807, 2.05) is 0 Å². The predicted molar refractivity (Wildman–Crippen MR) is 80.3 cm³/mol. The average Bonchev–Trinajstić information content (AvgIpc) is 2.34. The molecule has 0 aliphatic rings. The Morgan fingerprint density at radius 1 is 1.11 bits per heavy atom. The van der Waals surface area contributed by atoms with Gasteiger partial charge in [0.2, 0.25) is 0 Å². The summed E-state index contributed by atoms with van der Waals surface area (Å²) in [6.07, 6.45) is 0. The number of hydrogen-bond acceptors (Lipinski definition) is 2. The van der Waals surface area contributed by atoms with Crippen LogP contribution in [0.15, 0.2) is 45.3 Å². The molecule has 0 aliphatic carbocycles. The van der Waals surface area contributed by atoms with Crippen LogP contribution in [0.4, 0.5) is 0 Å². The second-order valence-corrected chi connectivity index (χ2v) is 5.80. The first-order chi connectivity index (χ1) is 8.97. The summed E-state index contributed by atoms with van der Waals surface area (Å²) in [5.74, 6) is -0.00297. The fourth-order valence-electron chi connectivity index (χ4n) is 1.39. The molecular formula is C13H7Br2ClO3. The summed E-state index contributed by atoms with van der Waals surface area (Å²) in [4.78, 5) is 10.8. The molecule has 0 saturated carbocycles. The Morgan fingerprint density at radius 2 is 1.79 bits per heavy atom. The molecule has 3 nitrogen and oxygen atoms in total. The molecule has 0 heterocycles. The van der Waals surface area contributed by atoms with Crippen LogP contribution in [0, 0.1) is 0 Å². The number of halogens is 3. The van der Waals surface area contributed by atoms with E-state index in [0.29, 0.717) is 21.0 Å². The van der Waals surface area contributed by atoms with Crippen LogP contribution in [-0.4, -0.2) is 11.1 Å². The van der Waals surface area contributed by atoms with Crippen LogP contribution in [0.25, 0.3) is 0 Å². The van der Waals surface area contributed by atoms with Crippen molar-refractivity contribution in [2.45, 2.75) is 0 Å². The molecule has 0 atom stereocenters. The van der Waals surface area contributed by atoms with Crippen molar-refractivity contribution in [2.24, 2.45) is 0 Å². The number of carboxylic acid groups (broad SMARTS) is 1.